The highest BCUT2D eigenvalue weighted by Crippen LogP contribution is 2.38. The normalized spacial score (nSPS) is 13.6. The summed E-state index contributed by atoms with van der Waals surface area (Å²) in [5.74, 6) is 5.22. The summed E-state index contributed by atoms with van der Waals surface area (Å²) in [5.41, 5.74) is 22.5. The van der Waals surface area contributed by atoms with Crippen LogP contribution in [-0.2, 0) is 4.74 Å². The molecule has 1 aliphatic heterocycles. The van der Waals surface area contributed by atoms with Crippen molar-refractivity contribution in [3.63, 3.8) is 0 Å². The Balaban J connectivity index is 0.000000145. The Morgan fingerprint density at radius 1 is 0.381 bits per heavy atom. The Morgan fingerprint density at radius 3 is 1.35 bits per heavy atom. The number of hydrogen-bond acceptors (Lipinski definition) is 15. The lowest BCUT2D eigenvalue weighted by Gasteiger charge is -2.16. The molecule has 10 atom stereocenters. The van der Waals surface area contributed by atoms with Gasteiger partial charge in [0.15, 0.2) is 32.0 Å². The van der Waals surface area contributed by atoms with Crippen LogP contribution in [0.2, 0.25) is 5.02 Å². The molecule has 21 rings (SSSR count). The standard InChI is InChI=1S/C15H14ClF.C15H20NO.C13H13FS.C13H14N2.C12H14N2.2C12H13NO.2C12H13NS.C10H12N2S/c1-2-15(11-6-8-14(17)9-7-11)12-4-3-5-13(16)10-12;1-2-14(12-6-4-3-5-7-12)16-10-11-17-15(16)13-8-9-13;1-2-13(11-6-7-15-9-11)10-4-3-5-12(14)8-10;1-2-12(11-6-4-3-5-7-11)13-8-9-14-10-15-13;1-2-12(14-9-8-13-10-14)11-6-4-3-5-7-11;1-2-11(12-8-14-9-13-12)10-6-4-3-5-7-10;1-2-11(12-8-13-9-14-12)10-6-4-3-5-7-10;1-2-11(12-8-14-9-13-12)10-6-4-3-5-7-10;1-2-11(12-8-13-9-14-12)10-6-4-3-5-7-10;1-2-10(9-4-7-13-8-9)12-6-3-5-11-12/h3-10,15H,2H2,1H3;3-7,13-14H,2,8-11H2,1H3;3-9,13H,2H2,1H3;3-10,12H,2H2,1H3;3-10,12H,2H2,1H3;4*3-9,11H,2H2,1H3;3-8,10H,2H2,1H3/q;+1;;;;;;;;. The van der Waals surface area contributed by atoms with Gasteiger partial charge in [0.2, 0.25) is 0 Å². The second kappa shape index (κ2) is 63.1. The van der Waals surface area contributed by atoms with Crippen LogP contribution in [0.15, 0.2) is 431 Å². The maximum atomic E-state index is 13.1. The fraction of sp³-hybridized carbons (Fsp3) is 0.278. The molecule has 0 N–H and O–H groups in total. The lowest BCUT2D eigenvalue weighted by Crippen LogP contribution is -2.23. The Bertz CT molecular complexity index is 6070. The van der Waals surface area contributed by atoms with Crippen molar-refractivity contribution in [2.24, 2.45) is 5.92 Å². The van der Waals surface area contributed by atoms with Gasteiger partial charge in [-0.25, -0.2) is 38.7 Å². The van der Waals surface area contributed by atoms with E-state index in [9.17, 15) is 8.78 Å². The summed E-state index contributed by atoms with van der Waals surface area (Å²) in [6, 6.07) is 105. The van der Waals surface area contributed by atoms with Crippen LogP contribution >= 0.6 is 56.9 Å². The molecule has 1 saturated carbocycles. The predicted molar refractivity (Wildman–Crippen MR) is 605 cm³/mol. The quantitative estimate of drug-likeness (QED) is 0.0382. The van der Waals surface area contributed by atoms with Crippen LogP contribution in [0.1, 0.15) is 300 Å². The molecule has 9 aromatic heterocycles. The van der Waals surface area contributed by atoms with Crippen LogP contribution in [0.25, 0.3) is 0 Å². The molecule has 0 bridgehead atoms. The molecule has 0 saturated heterocycles. The van der Waals surface area contributed by atoms with E-state index in [-0.39, 0.29) is 17.6 Å². The molecule has 1 aliphatic carbocycles. The molecule has 10 heterocycles. The third-order valence-electron chi connectivity index (χ3n) is 26.1. The number of halogens is 3. The summed E-state index contributed by atoms with van der Waals surface area (Å²) in [7, 11) is 0. The van der Waals surface area contributed by atoms with Crippen molar-refractivity contribution < 1.29 is 26.9 Å². The Morgan fingerprint density at radius 2 is 0.898 bits per heavy atom. The number of nitrogens with zero attached hydrogens (tertiary/aromatic N) is 11. The zero-order chi connectivity index (χ0) is 103. The van der Waals surface area contributed by atoms with Crippen molar-refractivity contribution in [1.82, 2.24) is 49.2 Å². The van der Waals surface area contributed by atoms with Crippen LogP contribution in [0.3, 0.4) is 0 Å². The first kappa shape index (κ1) is 112. The molecular formula is C126H139ClF2N11O3S4+. The molecule has 0 radical (unpaired) electrons. The predicted octanol–water partition coefficient (Wildman–Crippen LogP) is 35.1. The van der Waals surface area contributed by atoms with Gasteiger partial charge in [0.1, 0.15) is 30.0 Å². The molecular weight excluding hydrogens is 1920 g/mol. The van der Waals surface area contributed by atoms with Gasteiger partial charge in [0, 0.05) is 106 Å². The first-order chi connectivity index (χ1) is 72.3. The summed E-state index contributed by atoms with van der Waals surface area (Å²) >= 11 is 12.8. The fourth-order valence-corrected chi connectivity index (χ4v) is 21.6. The molecule has 19 aromatic rings. The van der Waals surface area contributed by atoms with Gasteiger partial charge in [0.25, 0.3) is 0 Å². The van der Waals surface area contributed by atoms with E-state index in [0.29, 0.717) is 53.6 Å². The molecule has 2 aliphatic rings. The molecule has 14 nitrogen and oxygen atoms in total. The van der Waals surface area contributed by atoms with Crippen LogP contribution in [-0.4, -0.2) is 72.9 Å². The van der Waals surface area contributed by atoms with Gasteiger partial charge in [-0.15, -0.1) is 22.7 Å². The SMILES string of the molecule is CCC(c1ccc(F)cc1)c1cccc(Cl)c1.CCC(c1ccccc1)[N+]1=C(C2CC2)OCC1.CCC(c1ccccc1)c1ccncn1.CCC(c1ccccc1)c1cnco1.CCC(c1ccccc1)c1cncs1.CCC(c1ccccc1)c1cocn1.CCC(c1ccccc1)c1cscn1.CCC(c1ccccc1)n1ccnc1.CCC(c1ccsc1)c1cccc(F)c1.CCC(c1ccsc1)n1cccn1. The third kappa shape index (κ3) is 35.1. The van der Waals surface area contributed by atoms with Crippen molar-refractivity contribution in [3.8, 4) is 0 Å². The van der Waals surface area contributed by atoms with E-state index in [0.717, 1.165) is 117 Å². The van der Waals surface area contributed by atoms with Gasteiger partial charge in [0.05, 0.1) is 58.6 Å². The van der Waals surface area contributed by atoms with Crippen molar-refractivity contribution in [2.45, 2.75) is 206 Å². The molecule has 10 aromatic carbocycles. The molecule has 0 spiro atoms. The lowest BCUT2D eigenvalue weighted by molar-refractivity contribution is -0.566. The third-order valence-corrected chi connectivity index (χ3v) is 29.2. The number of oxazole rings is 2. The number of rotatable bonds is 31. The van der Waals surface area contributed by atoms with Gasteiger partial charge in [-0.3, -0.25) is 9.67 Å². The number of ether oxygens (including phenoxy) is 1. The van der Waals surface area contributed by atoms with Crippen LogP contribution in [0, 0.1) is 17.6 Å². The van der Waals surface area contributed by atoms with E-state index in [1.165, 1.54) is 116 Å². The highest BCUT2D eigenvalue weighted by atomic mass is 35.5. The van der Waals surface area contributed by atoms with Gasteiger partial charge < -0.3 is 18.1 Å². The first-order valence-corrected chi connectivity index (χ1v) is 55.6. The van der Waals surface area contributed by atoms with Crippen molar-refractivity contribution in [1.29, 1.82) is 0 Å². The zero-order valence-corrected chi connectivity index (χ0v) is 90.1. The molecule has 147 heavy (non-hydrogen) atoms. The Labute approximate surface area is 890 Å². The number of aromatic nitrogens is 10. The first-order valence-electron chi connectivity index (χ1n) is 51.5. The van der Waals surface area contributed by atoms with Crippen molar-refractivity contribution in [3.05, 3.63) is 534 Å². The van der Waals surface area contributed by atoms with E-state index in [1.54, 1.807) is 82.5 Å². The number of imidazole rings is 1. The molecule has 21 heteroatoms. The average molecular weight is 2060 g/mol. The average Bonchev–Trinajstić information content (AvgIpc) is 1.65. The van der Waals surface area contributed by atoms with E-state index < -0.39 is 0 Å². The molecule has 0 amide bonds. The van der Waals surface area contributed by atoms with Gasteiger partial charge >= 0.3 is 5.90 Å². The Hall–Kier alpha value is -13.6. The second-order valence-electron chi connectivity index (χ2n) is 35.6. The maximum absolute atomic E-state index is 13.1. The number of thiophene rings is 2. The highest BCUT2D eigenvalue weighted by molar-refractivity contribution is 7.09. The van der Waals surface area contributed by atoms with Gasteiger partial charge in [-0.1, -0.05) is 330 Å². The van der Waals surface area contributed by atoms with Crippen molar-refractivity contribution in [2.75, 3.05) is 13.2 Å². The summed E-state index contributed by atoms with van der Waals surface area (Å²) in [6.07, 6.45) is 34.7. The number of benzene rings is 10. The van der Waals surface area contributed by atoms with Crippen molar-refractivity contribution >= 4 is 62.8 Å². The fourth-order valence-electron chi connectivity index (χ4n) is 18.5. The lowest BCUT2D eigenvalue weighted by atomic mass is 9.89. The number of thiazole rings is 2. The monoisotopic (exact) mass is 2050 g/mol. The maximum Gasteiger partial charge on any atom is 0.340 e. The van der Waals surface area contributed by atoms with Gasteiger partial charge in [-0.05, 0) is 214 Å². The highest BCUT2D eigenvalue weighted by Gasteiger charge is 2.42. The topological polar surface area (TPSA) is 152 Å². The largest absolute Gasteiger partial charge is 0.451 e. The van der Waals surface area contributed by atoms with E-state index in [1.807, 2.05) is 138 Å². The smallest absolute Gasteiger partial charge is 0.340 e. The minimum Gasteiger partial charge on any atom is -0.451 e. The Kier molecular flexibility index (Phi) is 48.1. The summed E-state index contributed by atoms with van der Waals surface area (Å²) < 4.78 is 48.8. The zero-order valence-electron chi connectivity index (χ0n) is 86.1. The van der Waals surface area contributed by atoms with Crippen LogP contribution in [0.5, 0.6) is 0 Å². The summed E-state index contributed by atoms with van der Waals surface area (Å²) in [6.45, 7) is 23.7. The summed E-state index contributed by atoms with van der Waals surface area (Å²) in [4.78, 5) is 30.4. The van der Waals surface area contributed by atoms with Crippen LogP contribution < -0.4 is 0 Å². The van der Waals surface area contributed by atoms with E-state index >= 15 is 0 Å². The summed E-state index contributed by atoms with van der Waals surface area (Å²) in [5, 5.41) is 15.7. The second-order valence-corrected chi connectivity index (χ2v) is 39.2. The van der Waals surface area contributed by atoms with Crippen LogP contribution in [0.4, 0.5) is 8.78 Å². The number of hydrogen-bond donors (Lipinski definition) is 0. The van der Waals surface area contributed by atoms with E-state index in [2.05, 4.69) is 339 Å². The molecule has 1 fully saturated rings. The van der Waals surface area contributed by atoms with E-state index in [4.69, 9.17) is 25.2 Å². The minimum atomic E-state index is -0.199. The molecule has 760 valence electrons. The van der Waals surface area contributed by atoms with Gasteiger partial charge in [-0.2, -0.15) is 32.3 Å². The minimum absolute atomic E-state index is 0.152. The molecule has 10 unspecified atom stereocenters.